The number of rotatable bonds is 4. The van der Waals surface area contributed by atoms with Gasteiger partial charge in [-0.1, -0.05) is 0 Å². The van der Waals surface area contributed by atoms with E-state index in [2.05, 4.69) is 0 Å². The minimum Gasteiger partial charge on any atom is -0.478 e. The van der Waals surface area contributed by atoms with Gasteiger partial charge in [0.15, 0.2) is 0 Å². The van der Waals surface area contributed by atoms with Crippen molar-refractivity contribution in [3.63, 3.8) is 0 Å². The zero-order valence-corrected chi connectivity index (χ0v) is 7.73. The molecular formula is C9H10N2O3. The molecule has 0 aromatic carbocycles. The van der Waals surface area contributed by atoms with E-state index in [1.165, 1.54) is 13.2 Å². The van der Waals surface area contributed by atoms with Gasteiger partial charge in [-0.2, -0.15) is 5.26 Å². The van der Waals surface area contributed by atoms with Crippen molar-refractivity contribution in [3.8, 4) is 6.07 Å². The van der Waals surface area contributed by atoms with Crippen molar-refractivity contribution >= 4 is 5.97 Å². The standard InChI is InChI=1S/C9H10N2O3/c1-14-6-8-7(9(12)13)2-4-11(8)5-3-10/h2,4H,5-6H2,1H3,(H,12,13). The molecule has 0 fully saturated rings. The number of ether oxygens (including phenoxy) is 1. The van der Waals surface area contributed by atoms with Crippen molar-refractivity contribution in [1.29, 1.82) is 5.26 Å². The number of aromatic nitrogens is 1. The van der Waals surface area contributed by atoms with Gasteiger partial charge < -0.3 is 14.4 Å². The van der Waals surface area contributed by atoms with E-state index in [4.69, 9.17) is 15.1 Å². The first-order chi connectivity index (χ1) is 6.70. The molecule has 1 aromatic rings. The normalized spacial score (nSPS) is 9.71. The van der Waals surface area contributed by atoms with Gasteiger partial charge in [-0.15, -0.1) is 0 Å². The zero-order chi connectivity index (χ0) is 10.6. The molecule has 0 aliphatic rings. The van der Waals surface area contributed by atoms with Gasteiger partial charge in [0, 0.05) is 13.3 Å². The molecule has 0 aliphatic carbocycles. The largest absolute Gasteiger partial charge is 0.478 e. The molecule has 0 atom stereocenters. The summed E-state index contributed by atoms with van der Waals surface area (Å²) in [5.41, 5.74) is 0.698. The Hall–Kier alpha value is -1.80. The Morgan fingerprint density at radius 3 is 3.00 bits per heavy atom. The number of carboxylic acids is 1. The molecule has 5 nitrogen and oxygen atoms in total. The Kier molecular flexibility index (Phi) is 3.26. The number of nitrogens with zero attached hydrogens (tertiary/aromatic N) is 2. The minimum absolute atomic E-state index is 0.131. The molecule has 0 saturated heterocycles. The van der Waals surface area contributed by atoms with E-state index in [-0.39, 0.29) is 18.7 Å². The van der Waals surface area contributed by atoms with Crippen LogP contribution in [0.1, 0.15) is 16.1 Å². The molecule has 0 spiro atoms. The van der Waals surface area contributed by atoms with Crippen molar-refractivity contribution in [2.45, 2.75) is 13.2 Å². The smallest absolute Gasteiger partial charge is 0.337 e. The summed E-state index contributed by atoms with van der Waals surface area (Å²) in [6.45, 7) is 0.322. The summed E-state index contributed by atoms with van der Waals surface area (Å²) in [6.07, 6.45) is 1.57. The van der Waals surface area contributed by atoms with E-state index in [1.54, 1.807) is 10.8 Å². The number of nitriles is 1. The minimum atomic E-state index is -1.01. The highest BCUT2D eigenvalue weighted by Gasteiger charge is 2.14. The van der Waals surface area contributed by atoms with E-state index >= 15 is 0 Å². The van der Waals surface area contributed by atoms with Gasteiger partial charge in [0.05, 0.1) is 23.9 Å². The van der Waals surface area contributed by atoms with Crippen LogP contribution in [0.4, 0.5) is 0 Å². The van der Waals surface area contributed by atoms with Crippen LogP contribution in [0.5, 0.6) is 0 Å². The van der Waals surface area contributed by atoms with Crippen molar-refractivity contribution in [2.75, 3.05) is 7.11 Å². The van der Waals surface area contributed by atoms with Gasteiger partial charge >= 0.3 is 5.97 Å². The van der Waals surface area contributed by atoms with Gasteiger partial charge in [-0.3, -0.25) is 0 Å². The molecule has 0 aliphatic heterocycles. The van der Waals surface area contributed by atoms with Crippen LogP contribution in [0, 0.1) is 11.3 Å². The SMILES string of the molecule is COCc1c(C(=O)O)ccn1CC#N. The number of methoxy groups -OCH3 is 1. The number of carbonyl (C=O) groups is 1. The fraction of sp³-hybridized carbons (Fsp3) is 0.333. The second-order valence-electron chi connectivity index (χ2n) is 2.70. The molecule has 5 heteroatoms. The third-order valence-corrected chi connectivity index (χ3v) is 1.83. The van der Waals surface area contributed by atoms with Gasteiger partial charge in [0.2, 0.25) is 0 Å². The van der Waals surface area contributed by atoms with Crippen LogP contribution in [-0.4, -0.2) is 22.8 Å². The summed E-state index contributed by atoms with van der Waals surface area (Å²) in [6, 6.07) is 3.42. The number of aromatic carboxylic acids is 1. The van der Waals surface area contributed by atoms with Gasteiger partial charge in [-0.05, 0) is 6.07 Å². The molecule has 0 amide bonds. The fourth-order valence-corrected chi connectivity index (χ4v) is 1.22. The molecule has 1 N–H and O–H groups in total. The maximum atomic E-state index is 10.8. The summed E-state index contributed by atoms with van der Waals surface area (Å²) in [5, 5.41) is 17.3. The van der Waals surface area contributed by atoms with Gasteiger partial charge in [0.1, 0.15) is 6.54 Å². The van der Waals surface area contributed by atoms with Crippen LogP contribution in [-0.2, 0) is 17.9 Å². The van der Waals surface area contributed by atoms with Crippen LogP contribution in [0.2, 0.25) is 0 Å². The molecule has 74 valence electrons. The van der Waals surface area contributed by atoms with Crippen molar-refractivity contribution in [2.24, 2.45) is 0 Å². The maximum Gasteiger partial charge on any atom is 0.337 e. The molecule has 1 aromatic heterocycles. The number of hydrogen-bond acceptors (Lipinski definition) is 3. The zero-order valence-electron chi connectivity index (χ0n) is 7.73. The monoisotopic (exact) mass is 194 g/mol. The number of hydrogen-bond donors (Lipinski definition) is 1. The average molecular weight is 194 g/mol. The van der Waals surface area contributed by atoms with Crippen molar-refractivity contribution in [3.05, 3.63) is 23.5 Å². The first-order valence-corrected chi connectivity index (χ1v) is 3.98. The molecule has 0 saturated carbocycles. The van der Waals surface area contributed by atoms with Crippen LogP contribution >= 0.6 is 0 Å². The molecule has 14 heavy (non-hydrogen) atoms. The lowest BCUT2D eigenvalue weighted by Crippen LogP contribution is -2.07. The summed E-state index contributed by atoms with van der Waals surface area (Å²) < 4.78 is 6.43. The Morgan fingerprint density at radius 2 is 2.50 bits per heavy atom. The van der Waals surface area contributed by atoms with E-state index < -0.39 is 5.97 Å². The van der Waals surface area contributed by atoms with Crippen LogP contribution in [0.15, 0.2) is 12.3 Å². The van der Waals surface area contributed by atoms with E-state index in [0.717, 1.165) is 0 Å². The third-order valence-electron chi connectivity index (χ3n) is 1.83. The molecule has 0 bridgehead atoms. The van der Waals surface area contributed by atoms with Gasteiger partial charge in [-0.25, -0.2) is 4.79 Å². The first kappa shape index (κ1) is 10.3. The average Bonchev–Trinajstić information content (AvgIpc) is 2.50. The highest BCUT2D eigenvalue weighted by molar-refractivity contribution is 5.89. The van der Waals surface area contributed by atoms with Gasteiger partial charge in [0.25, 0.3) is 0 Å². The summed E-state index contributed by atoms with van der Waals surface area (Å²) >= 11 is 0. The van der Waals surface area contributed by atoms with E-state index in [0.29, 0.717) is 5.69 Å². The second kappa shape index (κ2) is 4.44. The quantitative estimate of drug-likeness (QED) is 0.771. The Labute approximate surface area is 81.1 Å². The van der Waals surface area contributed by atoms with E-state index in [9.17, 15) is 4.79 Å². The predicted molar refractivity (Wildman–Crippen MR) is 47.7 cm³/mol. The summed E-state index contributed by atoms with van der Waals surface area (Å²) in [5.74, 6) is -1.01. The lowest BCUT2D eigenvalue weighted by molar-refractivity contribution is 0.0691. The molecule has 1 heterocycles. The summed E-state index contributed by atoms with van der Waals surface area (Å²) in [7, 11) is 1.48. The predicted octanol–water partition coefficient (Wildman–Crippen LogP) is 0.856. The highest BCUT2D eigenvalue weighted by Crippen LogP contribution is 2.12. The Balaban J connectivity index is 3.07. The maximum absolute atomic E-state index is 10.8. The third kappa shape index (κ3) is 1.92. The van der Waals surface area contributed by atoms with E-state index in [1.807, 2.05) is 6.07 Å². The Bertz CT molecular complexity index is 376. The first-order valence-electron chi connectivity index (χ1n) is 3.98. The van der Waals surface area contributed by atoms with Crippen LogP contribution < -0.4 is 0 Å². The molecule has 1 rings (SSSR count). The topological polar surface area (TPSA) is 75.2 Å². The molecular weight excluding hydrogens is 184 g/mol. The Morgan fingerprint density at radius 1 is 1.79 bits per heavy atom. The molecule has 0 unspecified atom stereocenters. The van der Waals surface area contributed by atoms with Crippen LogP contribution in [0.25, 0.3) is 0 Å². The van der Waals surface area contributed by atoms with Crippen LogP contribution in [0.3, 0.4) is 0 Å². The fourth-order valence-electron chi connectivity index (χ4n) is 1.22. The number of carboxylic acid groups (broad SMARTS) is 1. The lowest BCUT2D eigenvalue weighted by Gasteiger charge is -2.04. The molecule has 0 radical (unpaired) electrons. The second-order valence-corrected chi connectivity index (χ2v) is 2.70. The highest BCUT2D eigenvalue weighted by atomic mass is 16.5. The van der Waals surface area contributed by atoms with Crippen molar-refractivity contribution in [1.82, 2.24) is 4.57 Å². The summed E-state index contributed by atoms with van der Waals surface area (Å²) in [4.78, 5) is 10.8. The van der Waals surface area contributed by atoms with Crippen molar-refractivity contribution < 1.29 is 14.6 Å². The lowest BCUT2D eigenvalue weighted by atomic mass is 10.2.